The zero-order valence-electron chi connectivity index (χ0n) is 8.59. The molecular weight excluding hydrogens is 328 g/mol. The van der Waals surface area contributed by atoms with Crippen molar-refractivity contribution < 1.29 is 14.3 Å². The maximum absolute atomic E-state index is 11.1. The van der Waals surface area contributed by atoms with E-state index in [1.807, 2.05) is 0 Å². The van der Waals surface area contributed by atoms with Gasteiger partial charge in [0, 0.05) is 0 Å². The highest BCUT2D eigenvalue weighted by Gasteiger charge is 2.31. The summed E-state index contributed by atoms with van der Waals surface area (Å²) >= 11 is 6.38. The first-order chi connectivity index (χ1) is 7.16. The number of halogens is 2. The third-order valence-corrected chi connectivity index (χ3v) is 4.13. The number of cyclic esters (lactones) is 1. The van der Waals surface area contributed by atoms with Gasteiger partial charge >= 0.3 is 5.97 Å². The summed E-state index contributed by atoms with van der Waals surface area (Å²) in [4.78, 5) is 11.1. The Morgan fingerprint density at radius 3 is 2.60 bits per heavy atom. The summed E-state index contributed by atoms with van der Waals surface area (Å²) in [7, 11) is 0. The minimum atomic E-state index is -0.562. The standard InChI is InChI=1S/C10H14Br2O3/c1-2-3-4-5-6-14-10-8(12)7(11)9(13)15-10/h10H,2-6H2,1H3. The Morgan fingerprint density at radius 2 is 2.07 bits per heavy atom. The maximum Gasteiger partial charge on any atom is 0.348 e. The van der Waals surface area contributed by atoms with Crippen LogP contribution in [0.4, 0.5) is 0 Å². The predicted octanol–water partition coefficient (Wildman–Crippen LogP) is 3.47. The van der Waals surface area contributed by atoms with E-state index in [4.69, 9.17) is 9.47 Å². The zero-order chi connectivity index (χ0) is 11.3. The van der Waals surface area contributed by atoms with E-state index >= 15 is 0 Å². The molecule has 0 N–H and O–H groups in total. The van der Waals surface area contributed by atoms with E-state index in [0.717, 1.165) is 12.8 Å². The minimum absolute atomic E-state index is 0.375. The van der Waals surface area contributed by atoms with E-state index in [9.17, 15) is 4.79 Å². The molecular formula is C10H14Br2O3. The summed E-state index contributed by atoms with van der Waals surface area (Å²) in [5.74, 6) is -0.375. The highest BCUT2D eigenvalue weighted by molar-refractivity contribution is 9.14. The Labute approximate surface area is 106 Å². The molecule has 1 atom stereocenters. The van der Waals surface area contributed by atoms with Gasteiger partial charge in [0.1, 0.15) is 4.48 Å². The van der Waals surface area contributed by atoms with Crippen LogP contribution < -0.4 is 0 Å². The Balaban J connectivity index is 2.21. The molecule has 0 radical (unpaired) electrons. The molecule has 1 aliphatic rings. The monoisotopic (exact) mass is 340 g/mol. The molecule has 1 aliphatic heterocycles. The van der Waals surface area contributed by atoms with Crippen molar-refractivity contribution >= 4 is 37.8 Å². The Morgan fingerprint density at radius 1 is 1.33 bits per heavy atom. The van der Waals surface area contributed by atoms with E-state index in [-0.39, 0.29) is 5.97 Å². The summed E-state index contributed by atoms with van der Waals surface area (Å²) in [6.45, 7) is 2.78. The molecule has 3 nitrogen and oxygen atoms in total. The smallest absolute Gasteiger partial charge is 0.348 e. The van der Waals surface area contributed by atoms with Crippen molar-refractivity contribution in [3.05, 3.63) is 8.96 Å². The molecule has 1 heterocycles. The van der Waals surface area contributed by atoms with Crippen LogP contribution in [0, 0.1) is 0 Å². The fourth-order valence-electron chi connectivity index (χ4n) is 1.23. The van der Waals surface area contributed by atoms with Gasteiger partial charge in [0.05, 0.1) is 11.1 Å². The first-order valence-electron chi connectivity index (χ1n) is 5.04. The molecule has 1 rings (SSSR count). The number of carbonyl (C=O) groups excluding carboxylic acids is 1. The Bertz CT molecular complexity index is 263. The SMILES string of the molecule is CCCCCCOC1OC(=O)C(Br)=C1Br. The highest BCUT2D eigenvalue weighted by Crippen LogP contribution is 2.32. The molecule has 0 amide bonds. The van der Waals surface area contributed by atoms with E-state index in [2.05, 4.69) is 38.8 Å². The van der Waals surface area contributed by atoms with Gasteiger partial charge in [-0.15, -0.1) is 0 Å². The van der Waals surface area contributed by atoms with Crippen LogP contribution in [0.5, 0.6) is 0 Å². The second-order valence-electron chi connectivity index (χ2n) is 3.33. The molecule has 0 aromatic heterocycles. The van der Waals surface area contributed by atoms with Crippen LogP contribution in [-0.4, -0.2) is 18.9 Å². The third-order valence-electron chi connectivity index (χ3n) is 2.08. The number of hydrogen-bond donors (Lipinski definition) is 0. The highest BCUT2D eigenvalue weighted by atomic mass is 79.9. The molecule has 1 unspecified atom stereocenters. The van der Waals surface area contributed by atoms with Crippen molar-refractivity contribution in [2.45, 2.75) is 38.9 Å². The van der Waals surface area contributed by atoms with Crippen LogP contribution in [0.25, 0.3) is 0 Å². The molecule has 0 aromatic carbocycles. The summed E-state index contributed by atoms with van der Waals surface area (Å²) in [6, 6.07) is 0. The minimum Gasteiger partial charge on any atom is -0.427 e. The number of ether oxygens (including phenoxy) is 2. The van der Waals surface area contributed by atoms with Gasteiger partial charge in [-0.25, -0.2) is 4.79 Å². The van der Waals surface area contributed by atoms with E-state index in [1.54, 1.807) is 0 Å². The van der Waals surface area contributed by atoms with Gasteiger partial charge in [0.15, 0.2) is 0 Å². The van der Waals surface area contributed by atoms with Crippen molar-refractivity contribution in [2.75, 3.05) is 6.61 Å². The van der Waals surface area contributed by atoms with Crippen molar-refractivity contribution in [1.82, 2.24) is 0 Å². The van der Waals surface area contributed by atoms with Crippen molar-refractivity contribution in [3.63, 3.8) is 0 Å². The van der Waals surface area contributed by atoms with Gasteiger partial charge in [-0.05, 0) is 38.3 Å². The average Bonchev–Trinajstić information content (AvgIpc) is 2.46. The Kier molecular flexibility index (Phi) is 5.86. The van der Waals surface area contributed by atoms with Gasteiger partial charge in [-0.1, -0.05) is 26.2 Å². The lowest BCUT2D eigenvalue weighted by molar-refractivity contribution is -0.158. The number of rotatable bonds is 6. The first-order valence-corrected chi connectivity index (χ1v) is 6.63. The molecule has 0 aromatic rings. The fourth-order valence-corrected chi connectivity index (χ4v) is 1.90. The lowest BCUT2D eigenvalue weighted by Gasteiger charge is -2.11. The number of esters is 1. The summed E-state index contributed by atoms with van der Waals surface area (Å²) in [5, 5.41) is 0. The Hall–Kier alpha value is 0.130. The summed E-state index contributed by atoms with van der Waals surface area (Å²) in [5.41, 5.74) is 0. The van der Waals surface area contributed by atoms with Gasteiger partial charge in [0.2, 0.25) is 6.29 Å². The second-order valence-corrected chi connectivity index (χ2v) is 4.98. The summed E-state index contributed by atoms with van der Waals surface area (Å²) in [6.07, 6.45) is 4.01. The lowest BCUT2D eigenvalue weighted by atomic mass is 10.2. The summed E-state index contributed by atoms with van der Waals surface area (Å²) < 4.78 is 11.4. The molecule has 0 bridgehead atoms. The number of hydrogen-bond acceptors (Lipinski definition) is 3. The maximum atomic E-state index is 11.1. The molecule has 0 spiro atoms. The molecule has 0 saturated heterocycles. The molecule has 0 saturated carbocycles. The molecule has 0 aliphatic carbocycles. The van der Waals surface area contributed by atoms with E-state index < -0.39 is 6.29 Å². The van der Waals surface area contributed by atoms with Gasteiger partial charge in [0.25, 0.3) is 0 Å². The number of unbranched alkanes of at least 4 members (excludes halogenated alkanes) is 3. The normalized spacial score (nSPS) is 21.0. The van der Waals surface area contributed by atoms with Crippen LogP contribution in [0.2, 0.25) is 0 Å². The number of carbonyl (C=O) groups is 1. The van der Waals surface area contributed by atoms with Crippen LogP contribution in [-0.2, 0) is 14.3 Å². The quantitative estimate of drug-likeness (QED) is 0.548. The van der Waals surface area contributed by atoms with Gasteiger partial charge in [-0.2, -0.15) is 0 Å². The molecule has 0 fully saturated rings. The predicted molar refractivity (Wildman–Crippen MR) is 64.9 cm³/mol. The third kappa shape index (κ3) is 3.89. The average molecular weight is 342 g/mol. The zero-order valence-corrected chi connectivity index (χ0v) is 11.8. The topological polar surface area (TPSA) is 35.5 Å². The molecule has 15 heavy (non-hydrogen) atoms. The van der Waals surface area contributed by atoms with Crippen LogP contribution >= 0.6 is 31.9 Å². The van der Waals surface area contributed by atoms with Gasteiger partial charge in [-0.3, -0.25) is 0 Å². The molecule has 86 valence electrons. The lowest BCUT2D eigenvalue weighted by Crippen LogP contribution is -2.15. The van der Waals surface area contributed by atoms with Crippen molar-refractivity contribution in [3.8, 4) is 0 Å². The van der Waals surface area contributed by atoms with E-state index in [1.165, 1.54) is 12.8 Å². The van der Waals surface area contributed by atoms with Crippen molar-refractivity contribution in [1.29, 1.82) is 0 Å². The molecule has 5 heteroatoms. The largest absolute Gasteiger partial charge is 0.427 e. The second kappa shape index (κ2) is 6.66. The fraction of sp³-hybridized carbons (Fsp3) is 0.700. The first kappa shape index (κ1) is 13.2. The van der Waals surface area contributed by atoms with Crippen LogP contribution in [0.3, 0.4) is 0 Å². The van der Waals surface area contributed by atoms with Crippen LogP contribution in [0.15, 0.2) is 8.96 Å². The van der Waals surface area contributed by atoms with Crippen LogP contribution in [0.1, 0.15) is 32.6 Å². The van der Waals surface area contributed by atoms with Gasteiger partial charge < -0.3 is 9.47 Å². The van der Waals surface area contributed by atoms with Crippen molar-refractivity contribution in [2.24, 2.45) is 0 Å². The van der Waals surface area contributed by atoms with E-state index in [0.29, 0.717) is 15.6 Å².